The van der Waals surface area contributed by atoms with E-state index in [4.69, 9.17) is 9.29 Å². The summed E-state index contributed by atoms with van der Waals surface area (Å²) in [6.45, 7) is 3.96. The molecule has 0 radical (unpaired) electrons. The van der Waals surface area contributed by atoms with E-state index in [-0.39, 0.29) is 6.61 Å². The Hall–Kier alpha value is -0.730. The lowest BCUT2D eigenvalue weighted by atomic mass is 9.78. The Bertz CT molecular complexity index is 717. The minimum atomic E-state index is -6.93. The van der Waals surface area contributed by atoms with Crippen molar-refractivity contribution in [3.8, 4) is 0 Å². The van der Waals surface area contributed by atoms with E-state index in [1.165, 1.54) is 12.8 Å². The molecule has 3 unspecified atom stereocenters. The van der Waals surface area contributed by atoms with Crippen LogP contribution in [0.5, 0.6) is 0 Å². The second-order valence-electron chi connectivity index (χ2n) is 8.82. The Labute approximate surface area is 187 Å². The van der Waals surface area contributed by atoms with Gasteiger partial charge < -0.3 is 4.74 Å². The van der Waals surface area contributed by atoms with E-state index in [0.29, 0.717) is 24.2 Å². The monoisotopic (exact) mass is 522 g/mol. The number of ether oxygens (including phenoxy) is 2. The van der Waals surface area contributed by atoms with Crippen molar-refractivity contribution < 1.29 is 57.6 Å². The third-order valence-electron chi connectivity index (χ3n) is 5.66. The second kappa shape index (κ2) is 11.3. The number of rotatable bonds is 14. The van der Waals surface area contributed by atoms with Gasteiger partial charge in [-0.05, 0) is 43.4 Å². The van der Waals surface area contributed by atoms with E-state index in [2.05, 4.69) is 11.7 Å². The molecule has 1 rings (SSSR count). The highest BCUT2D eigenvalue weighted by Gasteiger charge is 2.73. The molecule has 0 aromatic heterocycles. The lowest BCUT2D eigenvalue weighted by Crippen LogP contribution is -2.55. The van der Waals surface area contributed by atoms with Crippen LogP contribution in [0.4, 0.5) is 35.1 Å². The van der Waals surface area contributed by atoms with Gasteiger partial charge in [-0.3, -0.25) is 4.55 Å². The van der Waals surface area contributed by atoms with E-state index in [1.807, 2.05) is 6.92 Å². The summed E-state index contributed by atoms with van der Waals surface area (Å²) in [5.74, 6) is -3.77. The van der Waals surface area contributed by atoms with Crippen LogP contribution in [0.1, 0.15) is 65.2 Å². The molecule has 0 aromatic rings. The smallest absolute Gasteiger partial charge is 0.381 e. The molecular weight excluding hydrogens is 492 g/mol. The zero-order valence-electron chi connectivity index (χ0n) is 18.3. The maximum absolute atomic E-state index is 13.6. The molecule has 1 saturated carbocycles. The first-order valence-corrected chi connectivity index (χ1v) is 12.0. The van der Waals surface area contributed by atoms with Crippen LogP contribution in [-0.4, -0.2) is 49.6 Å². The standard InChI is InChI=1S/C19H30F8O5S/c1-13-5-3-6-15(11-13)12-14(2)7-10-31-9-4-8-16(20,21)17(22,23)32-18(24,25)19(26,27)33(28,29)30/h13-15H,3-12H2,1-2H3,(H,28,29,30). The molecule has 0 aliphatic heterocycles. The third kappa shape index (κ3) is 8.46. The highest BCUT2D eigenvalue weighted by molar-refractivity contribution is 7.86. The normalized spacial score (nSPS) is 22.4. The van der Waals surface area contributed by atoms with Crippen molar-refractivity contribution in [2.24, 2.45) is 17.8 Å². The first-order chi connectivity index (χ1) is 14.8. The van der Waals surface area contributed by atoms with Crippen molar-refractivity contribution in [1.29, 1.82) is 0 Å². The SMILES string of the molecule is CC1CCCC(CC(C)CCOCCCC(F)(F)C(F)(F)OC(F)(F)C(F)(F)S(=O)(=O)O)C1. The van der Waals surface area contributed by atoms with Crippen molar-refractivity contribution in [1.82, 2.24) is 0 Å². The molecule has 1 aliphatic carbocycles. The number of alkyl halides is 8. The molecule has 5 nitrogen and oxygen atoms in total. The minimum absolute atomic E-state index is 0.167. The van der Waals surface area contributed by atoms with Crippen LogP contribution in [0.3, 0.4) is 0 Å². The largest absolute Gasteiger partial charge is 0.460 e. The van der Waals surface area contributed by atoms with Crippen LogP contribution >= 0.6 is 0 Å². The van der Waals surface area contributed by atoms with Gasteiger partial charge in [0.05, 0.1) is 0 Å². The Kier molecular flexibility index (Phi) is 10.4. The van der Waals surface area contributed by atoms with E-state index in [1.54, 1.807) is 0 Å². The zero-order chi connectivity index (χ0) is 25.7. The van der Waals surface area contributed by atoms with Gasteiger partial charge in [0.25, 0.3) is 0 Å². The maximum atomic E-state index is 13.6. The van der Waals surface area contributed by atoms with Crippen LogP contribution in [0.15, 0.2) is 0 Å². The van der Waals surface area contributed by atoms with Gasteiger partial charge in [-0.15, -0.1) is 0 Å². The van der Waals surface area contributed by atoms with Crippen LogP contribution < -0.4 is 0 Å². The molecular formula is C19H30F8O5S. The van der Waals surface area contributed by atoms with Gasteiger partial charge in [-0.1, -0.05) is 33.1 Å². The molecule has 1 N–H and O–H groups in total. The van der Waals surface area contributed by atoms with Gasteiger partial charge >= 0.3 is 33.5 Å². The average molecular weight is 522 g/mol. The van der Waals surface area contributed by atoms with Crippen LogP contribution in [0.2, 0.25) is 0 Å². The molecule has 0 bridgehead atoms. The molecule has 198 valence electrons. The molecule has 0 heterocycles. The van der Waals surface area contributed by atoms with Gasteiger partial charge in [-0.2, -0.15) is 43.5 Å². The molecule has 1 fully saturated rings. The molecule has 3 atom stereocenters. The lowest BCUT2D eigenvalue weighted by molar-refractivity contribution is -0.456. The van der Waals surface area contributed by atoms with Crippen molar-refractivity contribution in [3.05, 3.63) is 0 Å². The summed E-state index contributed by atoms with van der Waals surface area (Å²) in [5, 5.41) is -6.57. The van der Waals surface area contributed by atoms with Crippen molar-refractivity contribution in [2.45, 2.75) is 88.6 Å². The fourth-order valence-electron chi connectivity index (χ4n) is 3.83. The predicted octanol–water partition coefficient (Wildman–Crippen LogP) is 6.34. The first-order valence-electron chi connectivity index (χ1n) is 10.6. The summed E-state index contributed by atoms with van der Waals surface area (Å²) in [7, 11) is -6.93. The second-order valence-corrected chi connectivity index (χ2v) is 10.3. The first kappa shape index (κ1) is 30.3. The Balaban J connectivity index is 2.43. The third-order valence-corrected chi connectivity index (χ3v) is 6.55. The van der Waals surface area contributed by atoms with E-state index < -0.39 is 53.0 Å². The van der Waals surface area contributed by atoms with E-state index in [0.717, 1.165) is 19.3 Å². The Morgan fingerprint density at radius 2 is 1.61 bits per heavy atom. The number of hydrogen-bond acceptors (Lipinski definition) is 4. The summed E-state index contributed by atoms with van der Waals surface area (Å²) < 4.78 is 142. The Morgan fingerprint density at radius 1 is 1.00 bits per heavy atom. The van der Waals surface area contributed by atoms with Gasteiger partial charge in [-0.25, -0.2) is 4.74 Å². The number of hydrogen-bond donors (Lipinski definition) is 1. The molecule has 0 saturated heterocycles. The molecule has 33 heavy (non-hydrogen) atoms. The summed E-state index contributed by atoms with van der Waals surface area (Å²) in [6.07, 6.45) is -9.01. The molecule has 0 spiro atoms. The lowest BCUT2D eigenvalue weighted by Gasteiger charge is -2.31. The van der Waals surface area contributed by atoms with E-state index in [9.17, 15) is 43.5 Å². The topological polar surface area (TPSA) is 72.8 Å². The van der Waals surface area contributed by atoms with Gasteiger partial charge in [0.1, 0.15) is 0 Å². The highest BCUT2D eigenvalue weighted by atomic mass is 32.2. The quantitative estimate of drug-likeness (QED) is 0.164. The Morgan fingerprint density at radius 3 is 2.15 bits per heavy atom. The molecule has 0 amide bonds. The van der Waals surface area contributed by atoms with Gasteiger partial charge in [0.2, 0.25) is 0 Å². The van der Waals surface area contributed by atoms with Crippen molar-refractivity contribution in [3.63, 3.8) is 0 Å². The van der Waals surface area contributed by atoms with Crippen molar-refractivity contribution in [2.75, 3.05) is 13.2 Å². The fourth-order valence-corrected chi connectivity index (χ4v) is 4.18. The molecule has 1 aliphatic rings. The predicted molar refractivity (Wildman–Crippen MR) is 102 cm³/mol. The van der Waals surface area contributed by atoms with Crippen LogP contribution in [0, 0.1) is 17.8 Å². The molecule has 0 aromatic carbocycles. The summed E-state index contributed by atoms with van der Waals surface area (Å²) in [4.78, 5) is 0. The average Bonchev–Trinajstić information content (AvgIpc) is 2.62. The van der Waals surface area contributed by atoms with Crippen molar-refractivity contribution >= 4 is 10.1 Å². The summed E-state index contributed by atoms with van der Waals surface area (Å²) >= 11 is 0. The number of halogens is 8. The van der Waals surface area contributed by atoms with Crippen LogP contribution in [-0.2, 0) is 19.6 Å². The molecule has 14 heteroatoms. The van der Waals surface area contributed by atoms with Crippen LogP contribution in [0.25, 0.3) is 0 Å². The van der Waals surface area contributed by atoms with Gasteiger partial charge in [0.15, 0.2) is 0 Å². The minimum Gasteiger partial charge on any atom is -0.381 e. The summed E-state index contributed by atoms with van der Waals surface area (Å²) in [6, 6.07) is 0. The zero-order valence-corrected chi connectivity index (χ0v) is 19.1. The highest BCUT2D eigenvalue weighted by Crippen LogP contribution is 2.47. The van der Waals surface area contributed by atoms with E-state index >= 15 is 0 Å². The van der Waals surface area contributed by atoms with Gasteiger partial charge in [0, 0.05) is 19.6 Å². The fraction of sp³-hybridized carbons (Fsp3) is 1.00. The summed E-state index contributed by atoms with van der Waals surface area (Å²) in [5.41, 5.74) is 0. The maximum Gasteiger partial charge on any atom is 0.460 e.